The molecule has 2 heterocycles. The van der Waals surface area contributed by atoms with Gasteiger partial charge in [0, 0.05) is 23.8 Å². The van der Waals surface area contributed by atoms with E-state index in [4.69, 9.17) is 5.26 Å². The van der Waals surface area contributed by atoms with Crippen LogP contribution < -0.4 is 10.6 Å². The molecule has 124 valence electrons. The van der Waals surface area contributed by atoms with Crippen LogP contribution in [0.15, 0.2) is 53.1 Å². The van der Waals surface area contributed by atoms with E-state index in [-0.39, 0.29) is 0 Å². The number of urea groups is 1. The third-order valence-corrected chi connectivity index (χ3v) is 5.00. The standard InChI is InChI=1S/C16H12N6OS2/c17-8-11-3-1-5-13(7-11)19-14(23)20-15-21-22-16(25-15)24-10-12-4-2-6-18-9-12/h1-7,9H,10H2,(H2,19,20,21,23). The van der Waals surface area contributed by atoms with Crippen molar-refractivity contribution in [3.8, 4) is 6.07 Å². The number of benzene rings is 1. The van der Waals surface area contributed by atoms with E-state index in [1.807, 2.05) is 18.2 Å². The predicted molar refractivity (Wildman–Crippen MR) is 97.5 cm³/mol. The summed E-state index contributed by atoms with van der Waals surface area (Å²) < 4.78 is 0.755. The first-order valence-electron chi connectivity index (χ1n) is 7.16. The fourth-order valence-electron chi connectivity index (χ4n) is 1.87. The first-order chi connectivity index (χ1) is 12.2. The van der Waals surface area contributed by atoms with E-state index in [0.29, 0.717) is 16.4 Å². The van der Waals surface area contributed by atoms with Crippen LogP contribution in [0, 0.1) is 11.3 Å². The summed E-state index contributed by atoms with van der Waals surface area (Å²) in [6, 6.07) is 12.1. The Hall–Kier alpha value is -2.96. The summed E-state index contributed by atoms with van der Waals surface area (Å²) in [6.07, 6.45) is 3.53. The van der Waals surface area contributed by atoms with Gasteiger partial charge in [0.25, 0.3) is 0 Å². The Bertz CT molecular complexity index is 906. The van der Waals surface area contributed by atoms with Crippen LogP contribution in [0.3, 0.4) is 0 Å². The van der Waals surface area contributed by atoms with E-state index in [1.165, 1.54) is 23.1 Å². The van der Waals surface area contributed by atoms with Crippen LogP contribution in [0.5, 0.6) is 0 Å². The minimum Gasteiger partial charge on any atom is -0.308 e. The number of pyridine rings is 1. The molecule has 2 amide bonds. The molecule has 2 aromatic heterocycles. The highest BCUT2D eigenvalue weighted by molar-refractivity contribution is 8.00. The molecule has 0 atom stereocenters. The topological polar surface area (TPSA) is 104 Å². The minimum atomic E-state index is -0.435. The molecule has 9 heteroatoms. The van der Waals surface area contributed by atoms with Gasteiger partial charge in [-0.3, -0.25) is 10.3 Å². The number of hydrogen-bond acceptors (Lipinski definition) is 7. The molecule has 0 spiro atoms. The lowest BCUT2D eigenvalue weighted by atomic mass is 10.2. The minimum absolute atomic E-state index is 0.405. The SMILES string of the molecule is N#Cc1cccc(NC(=O)Nc2nnc(SCc3cccnc3)s2)c1. The average Bonchev–Trinajstić information content (AvgIpc) is 3.08. The highest BCUT2D eigenvalue weighted by Gasteiger charge is 2.09. The molecule has 0 aliphatic rings. The molecule has 0 fully saturated rings. The number of carbonyl (C=O) groups excluding carboxylic acids is 1. The van der Waals surface area contributed by atoms with Crippen molar-refractivity contribution in [2.45, 2.75) is 10.1 Å². The van der Waals surface area contributed by atoms with E-state index in [9.17, 15) is 4.79 Å². The van der Waals surface area contributed by atoms with Crippen molar-refractivity contribution >= 4 is 39.9 Å². The number of hydrogen-bond donors (Lipinski definition) is 2. The van der Waals surface area contributed by atoms with Gasteiger partial charge in [0.1, 0.15) is 0 Å². The van der Waals surface area contributed by atoms with Gasteiger partial charge in [0.2, 0.25) is 5.13 Å². The number of carbonyl (C=O) groups is 1. The van der Waals surface area contributed by atoms with Crippen molar-refractivity contribution in [2.24, 2.45) is 0 Å². The second kappa shape index (κ2) is 8.23. The summed E-state index contributed by atoms with van der Waals surface area (Å²) >= 11 is 2.82. The number of amides is 2. The lowest BCUT2D eigenvalue weighted by Crippen LogP contribution is -2.19. The monoisotopic (exact) mass is 368 g/mol. The molecule has 0 aliphatic carbocycles. The van der Waals surface area contributed by atoms with Gasteiger partial charge in [-0.2, -0.15) is 5.26 Å². The summed E-state index contributed by atoms with van der Waals surface area (Å²) in [7, 11) is 0. The summed E-state index contributed by atoms with van der Waals surface area (Å²) in [4.78, 5) is 16.1. The van der Waals surface area contributed by atoms with Crippen LogP contribution in [-0.4, -0.2) is 21.2 Å². The molecule has 0 bridgehead atoms. The summed E-state index contributed by atoms with van der Waals surface area (Å²) in [6.45, 7) is 0. The lowest BCUT2D eigenvalue weighted by Gasteiger charge is -2.04. The van der Waals surface area contributed by atoms with Crippen LogP contribution in [0.2, 0.25) is 0 Å². The molecule has 0 aliphatic heterocycles. The maximum absolute atomic E-state index is 12.0. The number of aromatic nitrogens is 3. The molecular weight excluding hydrogens is 356 g/mol. The Kier molecular flexibility index (Phi) is 5.56. The first kappa shape index (κ1) is 16.9. The largest absolute Gasteiger partial charge is 0.325 e. The zero-order valence-electron chi connectivity index (χ0n) is 12.8. The molecule has 0 radical (unpaired) electrons. The fraction of sp³-hybridized carbons (Fsp3) is 0.0625. The highest BCUT2D eigenvalue weighted by Crippen LogP contribution is 2.28. The molecule has 0 saturated heterocycles. The van der Waals surface area contributed by atoms with E-state index in [2.05, 4.69) is 25.8 Å². The quantitative estimate of drug-likeness (QED) is 0.525. The third-order valence-electron chi connectivity index (χ3n) is 2.96. The van der Waals surface area contributed by atoms with Gasteiger partial charge in [0.05, 0.1) is 11.6 Å². The number of nitrogens with one attached hydrogen (secondary N) is 2. The molecule has 2 N–H and O–H groups in total. The van der Waals surface area contributed by atoms with Crippen molar-refractivity contribution in [3.63, 3.8) is 0 Å². The number of thioether (sulfide) groups is 1. The van der Waals surface area contributed by atoms with Crippen molar-refractivity contribution < 1.29 is 4.79 Å². The van der Waals surface area contributed by atoms with Crippen LogP contribution in [0.4, 0.5) is 15.6 Å². The van der Waals surface area contributed by atoms with E-state index >= 15 is 0 Å². The second-order valence-corrected chi connectivity index (χ2v) is 6.99. The number of nitrogens with zero attached hydrogens (tertiary/aromatic N) is 4. The molecular formula is C16H12N6OS2. The van der Waals surface area contributed by atoms with Crippen LogP contribution in [0.1, 0.15) is 11.1 Å². The van der Waals surface area contributed by atoms with Crippen LogP contribution in [0.25, 0.3) is 0 Å². The fourth-order valence-corrected chi connectivity index (χ4v) is 3.55. The van der Waals surface area contributed by atoms with E-state index in [0.717, 1.165) is 15.7 Å². The number of rotatable bonds is 5. The smallest absolute Gasteiger partial charge is 0.308 e. The number of nitriles is 1. The molecule has 0 saturated carbocycles. The van der Waals surface area contributed by atoms with Crippen molar-refractivity contribution in [3.05, 3.63) is 59.9 Å². The molecule has 1 aromatic carbocycles. The Morgan fingerprint density at radius 2 is 2.16 bits per heavy atom. The van der Waals surface area contributed by atoms with Gasteiger partial charge in [-0.25, -0.2) is 4.79 Å². The van der Waals surface area contributed by atoms with E-state index in [1.54, 1.807) is 36.7 Å². The molecule has 25 heavy (non-hydrogen) atoms. The first-order valence-corrected chi connectivity index (χ1v) is 8.96. The van der Waals surface area contributed by atoms with Gasteiger partial charge in [-0.15, -0.1) is 10.2 Å². The summed E-state index contributed by atoms with van der Waals surface area (Å²) in [5.74, 6) is 0.732. The maximum atomic E-state index is 12.0. The van der Waals surface area contributed by atoms with Crippen LogP contribution >= 0.6 is 23.1 Å². The molecule has 3 rings (SSSR count). The number of anilines is 2. The zero-order chi connectivity index (χ0) is 17.5. The molecule has 3 aromatic rings. The van der Waals surface area contributed by atoms with E-state index < -0.39 is 6.03 Å². The lowest BCUT2D eigenvalue weighted by molar-refractivity contribution is 0.262. The second-order valence-electron chi connectivity index (χ2n) is 4.79. The Labute approximate surface area is 152 Å². The Balaban J connectivity index is 1.54. The van der Waals surface area contributed by atoms with Gasteiger partial charge in [-0.1, -0.05) is 35.2 Å². The van der Waals surface area contributed by atoms with Gasteiger partial charge in [-0.05, 0) is 29.8 Å². The Morgan fingerprint density at radius 1 is 1.24 bits per heavy atom. The van der Waals surface area contributed by atoms with Crippen LogP contribution in [-0.2, 0) is 5.75 Å². The maximum Gasteiger partial charge on any atom is 0.325 e. The molecule has 0 unspecified atom stereocenters. The highest BCUT2D eigenvalue weighted by atomic mass is 32.2. The predicted octanol–water partition coefficient (Wildman–Crippen LogP) is 3.74. The Morgan fingerprint density at radius 3 is 2.96 bits per heavy atom. The summed E-state index contributed by atoms with van der Waals surface area (Å²) in [5, 5.41) is 22.6. The van der Waals surface area contributed by atoms with Gasteiger partial charge < -0.3 is 5.32 Å². The third kappa shape index (κ3) is 5.00. The van der Waals surface area contributed by atoms with Gasteiger partial charge >= 0.3 is 6.03 Å². The molecule has 7 nitrogen and oxygen atoms in total. The average molecular weight is 368 g/mol. The zero-order valence-corrected chi connectivity index (χ0v) is 14.5. The summed E-state index contributed by atoms with van der Waals surface area (Å²) in [5.41, 5.74) is 2.10. The van der Waals surface area contributed by atoms with Crippen molar-refractivity contribution in [2.75, 3.05) is 10.6 Å². The van der Waals surface area contributed by atoms with Crippen molar-refractivity contribution in [1.29, 1.82) is 5.26 Å². The normalized spacial score (nSPS) is 10.0. The van der Waals surface area contributed by atoms with Gasteiger partial charge in [0.15, 0.2) is 4.34 Å². The van der Waals surface area contributed by atoms with Crippen molar-refractivity contribution in [1.82, 2.24) is 15.2 Å².